The van der Waals surface area contributed by atoms with Gasteiger partial charge in [-0.3, -0.25) is 0 Å². The highest BCUT2D eigenvalue weighted by Gasteiger charge is 2.28. The molecule has 0 saturated carbocycles. The maximum absolute atomic E-state index is 9.30. The maximum Gasteiger partial charge on any atom is 0.155 e. The Labute approximate surface area is 65.7 Å². The largest absolute Gasteiger partial charge is 0.390 e. The fraction of sp³-hybridized carbons (Fsp3) is 1.00. The van der Waals surface area contributed by atoms with E-state index in [2.05, 4.69) is 0 Å². The predicted molar refractivity (Wildman–Crippen MR) is 38.0 cm³/mol. The zero-order valence-corrected chi connectivity index (χ0v) is 6.56. The number of hydrogen-bond acceptors (Lipinski definition) is 4. The lowest BCUT2D eigenvalue weighted by atomic mass is 10.1. The van der Waals surface area contributed by atoms with E-state index in [0.29, 0.717) is 19.4 Å². The van der Waals surface area contributed by atoms with Crippen molar-refractivity contribution in [1.82, 2.24) is 0 Å². The number of aliphatic hydroxyl groups excluding tert-OH is 2. The maximum atomic E-state index is 9.30. The lowest BCUT2D eigenvalue weighted by Gasteiger charge is -2.30. The van der Waals surface area contributed by atoms with E-state index in [1.165, 1.54) is 7.11 Å². The molecule has 0 amide bonds. The van der Waals surface area contributed by atoms with Crippen molar-refractivity contribution in [3.05, 3.63) is 0 Å². The van der Waals surface area contributed by atoms with Gasteiger partial charge in [0.15, 0.2) is 6.29 Å². The Hall–Kier alpha value is -0.160. The van der Waals surface area contributed by atoms with Crippen LogP contribution in [-0.2, 0) is 9.47 Å². The van der Waals surface area contributed by atoms with E-state index in [9.17, 15) is 5.11 Å². The Kier molecular flexibility index (Phi) is 3.26. The minimum absolute atomic E-state index is 0.332. The molecule has 0 radical (unpaired) electrons. The molecule has 1 rings (SSSR count). The van der Waals surface area contributed by atoms with Crippen LogP contribution in [0.25, 0.3) is 0 Å². The molecule has 1 heterocycles. The average Bonchev–Trinajstić information content (AvgIpc) is 1.98. The van der Waals surface area contributed by atoms with Crippen LogP contribution >= 0.6 is 0 Å². The molecular formula is C7H14O4. The first kappa shape index (κ1) is 8.93. The van der Waals surface area contributed by atoms with Gasteiger partial charge in [0.05, 0.1) is 12.7 Å². The van der Waals surface area contributed by atoms with E-state index in [1.807, 2.05) is 0 Å². The molecule has 0 aromatic heterocycles. The van der Waals surface area contributed by atoms with Crippen LogP contribution in [0, 0.1) is 0 Å². The quantitative estimate of drug-likeness (QED) is 0.574. The summed E-state index contributed by atoms with van der Waals surface area (Å²) in [5, 5.41) is 18.3. The van der Waals surface area contributed by atoms with Gasteiger partial charge in [-0.1, -0.05) is 0 Å². The van der Waals surface area contributed by atoms with Crippen LogP contribution in [0.5, 0.6) is 0 Å². The molecule has 0 aliphatic carbocycles. The SMILES string of the molecule is COC[C@H]1O[C@H](O)CC[C@H]1O. The highest BCUT2D eigenvalue weighted by atomic mass is 16.6. The molecule has 0 spiro atoms. The van der Waals surface area contributed by atoms with Gasteiger partial charge < -0.3 is 19.7 Å². The zero-order chi connectivity index (χ0) is 8.27. The van der Waals surface area contributed by atoms with E-state index in [0.717, 1.165) is 0 Å². The van der Waals surface area contributed by atoms with Crippen LogP contribution in [0.2, 0.25) is 0 Å². The Bertz CT molecular complexity index is 117. The normalized spacial score (nSPS) is 39.0. The van der Waals surface area contributed by atoms with Gasteiger partial charge in [0.1, 0.15) is 6.10 Å². The van der Waals surface area contributed by atoms with Crippen molar-refractivity contribution < 1.29 is 19.7 Å². The molecule has 1 aliphatic heterocycles. The molecule has 11 heavy (non-hydrogen) atoms. The van der Waals surface area contributed by atoms with Crippen LogP contribution in [0.3, 0.4) is 0 Å². The van der Waals surface area contributed by atoms with Gasteiger partial charge in [-0.15, -0.1) is 0 Å². The molecule has 1 aliphatic rings. The van der Waals surface area contributed by atoms with E-state index in [4.69, 9.17) is 14.6 Å². The van der Waals surface area contributed by atoms with Gasteiger partial charge in [0.25, 0.3) is 0 Å². The molecule has 0 unspecified atom stereocenters. The molecule has 4 nitrogen and oxygen atoms in total. The summed E-state index contributed by atoms with van der Waals surface area (Å²) < 4.78 is 9.82. The predicted octanol–water partition coefficient (Wildman–Crippen LogP) is -0.509. The summed E-state index contributed by atoms with van der Waals surface area (Å²) in [5.74, 6) is 0. The molecule has 0 aromatic rings. The van der Waals surface area contributed by atoms with Crippen molar-refractivity contribution in [2.45, 2.75) is 31.3 Å². The van der Waals surface area contributed by atoms with Gasteiger partial charge in [-0.05, 0) is 6.42 Å². The number of methoxy groups -OCH3 is 1. The third-order valence-electron chi connectivity index (χ3n) is 1.80. The smallest absolute Gasteiger partial charge is 0.155 e. The van der Waals surface area contributed by atoms with Gasteiger partial charge in [-0.2, -0.15) is 0 Å². The summed E-state index contributed by atoms with van der Waals surface area (Å²) in [6, 6.07) is 0. The summed E-state index contributed by atoms with van der Waals surface area (Å²) in [6.45, 7) is 0.332. The van der Waals surface area contributed by atoms with E-state index >= 15 is 0 Å². The summed E-state index contributed by atoms with van der Waals surface area (Å²) >= 11 is 0. The molecule has 66 valence electrons. The lowest BCUT2D eigenvalue weighted by molar-refractivity contribution is -0.210. The lowest BCUT2D eigenvalue weighted by Crippen LogP contribution is -2.41. The van der Waals surface area contributed by atoms with Crippen LogP contribution < -0.4 is 0 Å². The van der Waals surface area contributed by atoms with E-state index in [1.54, 1.807) is 0 Å². The van der Waals surface area contributed by atoms with Crippen molar-refractivity contribution in [2.75, 3.05) is 13.7 Å². The second-order valence-corrected chi connectivity index (χ2v) is 2.73. The topological polar surface area (TPSA) is 58.9 Å². The van der Waals surface area contributed by atoms with Crippen LogP contribution in [0.4, 0.5) is 0 Å². The van der Waals surface area contributed by atoms with E-state index in [-0.39, 0.29) is 6.10 Å². The number of rotatable bonds is 2. The Morgan fingerprint density at radius 3 is 2.82 bits per heavy atom. The average molecular weight is 162 g/mol. The monoisotopic (exact) mass is 162 g/mol. The molecule has 0 aromatic carbocycles. The third kappa shape index (κ3) is 2.41. The summed E-state index contributed by atoms with van der Waals surface area (Å²) in [6.07, 6.45) is -0.531. The highest BCUT2D eigenvalue weighted by molar-refractivity contribution is 4.74. The third-order valence-corrected chi connectivity index (χ3v) is 1.80. The van der Waals surface area contributed by atoms with Crippen molar-refractivity contribution in [3.8, 4) is 0 Å². The minimum Gasteiger partial charge on any atom is -0.390 e. The second kappa shape index (κ2) is 4.01. The Morgan fingerprint density at radius 1 is 1.45 bits per heavy atom. The molecule has 1 saturated heterocycles. The van der Waals surface area contributed by atoms with Gasteiger partial charge in [0.2, 0.25) is 0 Å². The molecular weight excluding hydrogens is 148 g/mol. The highest BCUT2D eigenvalue weighted by Crippen LogP contribution is 2.17. The summed E-state index contributed by atoms with van der Waals surface area (Å²) in [7, 11) is 1.54. The number of ether oxygens (including phenoxy) is 2. The van der Waals surface area contributed by atoms with Gasteiger partial charge >= 0.3 is 0 Å². The number of hydrogen-bond donors (Lipinski definition) is 2. The molecule has 0 bridgehead atoms. The minimum atomic E-state index is -0.737. The zero-order valence-electron chi connectivity index (χ0n) is 6.56. The van der Waals surface area contributed by atoms with Gasteiger partial charge in [-0.25, -0.2) is 0 Å². The van der Waals surface area contributed by atoms with Crippen LogP contribution in [-0.4, -0.2) is 42.4 Å². The Balaban J connectivity index is 2.34. The van der Waals surface area contributed by atoms with Crippen molar-refractivity contribution >= 4 is 0 Å². The van der Waals surface area contributed by atoms with Crippen LogP contribution in [0.1, 0.15) is 12.8 Å². The van der Waals surface area contributed by atoms with Gasteiger partial charge in [0, 0.05) is 13.5 Å². The first-order valence-electron chi connectivity index (χ1n) is 3.74. The van der Waals surface area contributed by atoms with E-state index < -0.39 is 12.4 Å². The first-order chi connectivity index (χ1) is 5.24. The number of aliphatic hydroxyl groups is 2. The summed E-state index contributed by atoms with van der Waals surface area (Å²) in [5.41, 5.74) is 0. The molecule has 1 fully saturated rings. The van der Waals surface area contributed by atoms with Crippen molar-refractivity contribution in [3.63, 3.8) is 0 Å². The second-order valence-electron chi connectivity index (χ2n) is 2.73. The van der Waals surface area contributed by atoms with Crippen molar-refractivity contribution in [1.29, 1.82) is 0 Å². The fourth-order valence-electron chi connectivity index (χ4n) is 1.17. The van der Waals surface area contributed by atoms with Crippen molar-refractivity contribution in [2.24, 2.45) is 0 Å². The van der Waals surface area contributed by atoms with Crippen LogP contribution in [0.15, 0.2) is 0 Å². The Morgan fingerprint density at radius 2 is 2.18 bits per heavy atom. The molecule has 3 atom stereocenters. The standard InChI is InChI=1S/C7H14O4/c1-10-4-6-5(8)2-3-7(9)11-6/h5-9H,2-4H2,1H3/t5-,6-,7+/m1/s1. The fourth-order valence-corrected chi connectivity index (χ4v) is 1.17. The molecule has 2 N–H and O–H groups in total. The first-order valence-corrected chi connectivity index (χ1v) is 3.74. The molecule has 4 heteroatoms. The summed E-state index contributed by atoms with van der Waals surface area (Å²) in [4.78, 5) is 0.